The molecular formula is C27H24ClN3O6S. The van der Waals surface area contributed by atoms with Crippen molar-refractivity contribution in [2.45, 2.75) is 6.92 Å². The fourth-order valence-corrected chi connectivity index (χ4v) is 5.19. The molecule has 196 valence electrons. The monoisotopic (exact) mass is 553 g/mol. The molecule has 3 amide bonds. The lowest BCUT2D eigenvalue weighted by Gasteiger charge is -2.14. The van der Waals surface area contributed by atoms with Crippen LogP contribution in [0.2, 0.25) is 5.02 Å². The molecule has 4 rings (SSSR count). The Morgan fingerprint density at radius 3 is 1.95 bits per heavy atom. The van der Waals surface area contributed by atoms with Crippen LogP contribution in [-0.2, 0) is 0 Å². The molecule has 0 unspecified atom stereocenters. The number of carbonyl (C=O) groups excluding carboxylic acids is 3. The molecule has 0 aliphatic rings. The van der Waals surface area contributed by atoms with Gasteiger partial charge in [-0.2, -0.15) is 0 Å². The van der Waals surface area contributed by atoms with Crippen LogP contribution in [0.1, 0.15) is 36.0 Å². The number of methoxy groups -OCH3 is 3. The van der Waals surface area contributed by atoms with E-state index in [1.54, 1.807) is 12.1 Å². The van der Waals surface area contributed by atoms with E-state index in [9.17, 15) is 14.4 Å². The highest BCUT2D eigenvalue weighted by molar-refractivity contribution is 7.21. The van der Waals surface area contributed by atoms with Gasteiger partial charge in [0.05, 0.1) is 26.4 Å². The minimum Gasteiger partial charge on any atom is -0.493 e. The number of rotatable bonds is 7. The zero-order chi connectivity index (χ0) is 27.4. The Kier molecular flexibility index (Phi) is 8.04. The smallest absolute Gasteiger partial charge is 0.269 e. The van der Waals surface area contributed by atoms with Gasteiger partial charge in [0.1, 0.15) is 4.88 Å². The van der Waals surface area contributed by atoms with Crippen molar-refractivity contribution in [2.24, 2.45) is 0 Å². The van der Waals surface area contributed by atoms with Gasteiger partial charge in [0.2, 0.25) is 5.75 Å². The number of ether oxygens (including phenoxy) is 3. The molecule has 9 nitrogen and oxygen atoms in total. The minimum atomic E-state index is -0.586. The van der Waals surface area contributed by atoms with E-state index < -0.39 is 11.8 Å². The van der Waals surface area contributed by atoms with Crippen molar-refractivity contribution in [2.75, 3.05) is 26.6 Å². The lowest BCUT2D eigenvalue weighted by atomic mass is 10.1. The Bertz CT molecular complexity index is 1510. The summed E-state index contributed by atoms with van der Waals surface area (Å²) in [7, 11) is 4.33. The molecule has 4 aromatic rings. The molecule has 0 aliphatic heterocycles. The maximum Gasteiger partial charge on any atom is 0.269 e. The second-order valence-electron chi connectivity index (χ2n) is 8.10. The summed E-state index contributed by atoms with van der Waals surface area (Å²) in [5.41, 5.74) is 6.73. The van der Waals surface area contributed by atoms with E-state index in [1.165, 1.54) is 56.9 Å². The molecule has 3 N–H and O–H groups in total. The minimum absolute atomic E-state index is 0.188. The van der Waals surface area contributed by atoms with Crippen molar-refractivity contribution in [1.29, 1.82) is 0 Å². The van der Waals surface area contributed by atoms with Crippen LogP contribution in [0.4, 0.5) is 5.69 Å². The van der Waals surface area contributed by atoms with Gasteiger partial charge in [-0.05, 0) is 55.0 Å². The topological polar surface area (TPSA) is 115 Å². The van der Waals surface area contributed by atoms with E-state index in [0.717, 1.165) is 15.6 Å². The third-order valence-electron chi connectivity index (χ3n) is 5.61. The first-order chi connectivity index (χ1) is 18.2. The number of halogens is 1. The van der Waals surface area contributed by atoms with Gasteiger partial charge < -0.3 is 19.5 Å². The molecule has 11 heteroatoms. The Labute approximate surface area is 227 Å². The Balaban J connectivity index is 1.39. The summed E-state index contributed by atoms with van der Waals surface area (Å²) in [4.78, 5) is 38.4. The summed E-state index contributed by atoms with van der Waals surface area (Å²) in [5, 5.41) is 4.03. The van der Waals surface area contributed by atoms with Crippen LogP contribution in [-0.4, -0.2) is 39.1 Å². The maximum absolute atomic E-state index is 12.8. The molecule has 0 aliphatic carbocycles. The van der Waals surface area contributed by atoms with Crippen LogP contribution in [0.5, 0.6) is 17.2 Å². The van der Waals surface area contributed by atoms with Gasteiger partial charge in [0.25, 0.3) is 17.7 Å². The molecule has 0 atom stereocenters. The average molecular weight is 554 g/mol. The van der Waals surface area contributed by atoms with Crippen LogP contribution in [0.15, 0.2) is 54.6 Å². The SMILES string of the molecule is COc1cc(C(=O)NNC(=O)c2ccc(NC(=O)c3sc4cc(C)ccc4c3Cl)cc2)cc(OC)c1OC. The predicted molar refractivity (Wildman–Crippen MR) is 147 cm³/mol. The number of anilines is 1. The van der Waals surface area contributed by atoms with Crippen molar-refractivity contribution in [3.63, 3.8) is 0 Å². The highest BCUT2D eigenvalue weighted by Gasteiger charge is 2.19. The van der Waals surface area contributed by atoms with E-state index in [0.29, 0.717) is 32.8 Å². The maximum atomic E-state index is 12.8. The van der Waals surface area contributed by atoms with Crippen LogP contribution < -0.4 is 30.4 Å². The number of nitrogens with one attached hydrogen (secondary N) is 3. The Morgan fingerprint density at radius 1 is 0.763 bits per heavy atom. The van der Waals surface area contributed by atoms with Crippen molar-refractivity contribution < 1.29 is 28.6 Å². The third kappa shape index (κ3) is 5.51. The summed E-state index contributed by atoms with van der Waals surface area (Å²) in [5.74, 6) is -0.541. The molecule has 0 saturated heterocycles. The molecule has 1 aromatic heterocycles. The molecule has 38 heavy (non-hydrogen) atoms. The fourth-order valence-electron chi connectivity index (χ4n) is 3.68. The number of hydrogen-bond donors (Lipinski definition) is 3. The van der Waals surface area contributed by atoms with Crippen molar-refractivity contribution >= 4 is 56.4 Å². The number of amides is 3. The van der Waals surface area contributed by atoms with Gasteiger partial charge in [-0.25, -0.2) is 0 Å². The first-order valence-corrected chi connectivity index (χ1v) is 12.5. The Hall–Kier alpha value is -4.28. The second-order valence-corrected chi connectivity index (χ2v) is 9.53. The van der Waals surface area contributed by atoms with E-state index in [2.05, 4.69) is 16.2 Å². The highest BCUT2D eigenvalue weighted by Crippen LogP contribution is 2.38. The quantitative estimate of drug-likeness (QED) is 0.270. The lowest BCUT2D eigenvalue weighted by Crippen LogP contribution is -2.41. The van der Waals surface area contributed by atoms with Gasteiger partial charge >= 0.3 is 0 Å². The molecule has 3 aromatic carbocycles. The number of aryl methyl sites for hydroxylation is 1. The molecule has 0 spiro atoms. The summed E-state index contributed by atoms with van der Waals surface area (Å²) in [6, 6.07) is 15.0. The standard InChI is InChI=1S/C27H24ClN3O6S/c1-14-5-10-18-21(11-14)38-24(22(18)28)27(34)29-17-8-6-15(7-9-17)25(32)30-31-26(33)16-12-19(35-2)23(37-4)20(13-16)36-3/h5-13H,1-4H3,(H,29,34)(H,30,32)(H,31,33). The van der Waals surface area contributed by atoms with Crippen molar-refractivity contribution in [3.8, 4) is 17.2 Å². The normalized spacial score (nSPS) is 10.6. The first kappa shape index (κ1) is 26.8. The summed E-state index contributed by atoms with van der Waals surface area (Å²) >= 11 is 7.75. The number of carbonyl (C=O) groups is 3. The highest BCUT2D eigenvalue weighted by atomic mass is 35.5. The second kappa shape index (κ2) is 11.4. The van der Waals surface area contributed by atoms with Crippen LogP contribution >= 0.6 is 22.9 Å². The molecule has 0 radical (unpaired) electrons. The first-order valence-electron chi connectivity index (χ1n) is 11.3. The zero-order valence-corrected chi connectivity index (χ0v) is 22.5. The number of hydrogen-bond acceptors (Lipinski definition) is 7. The molecule has 0 fully saturated rings. The molecule has 0 saturated carbocycles. The number of hydrazine groups is 1. The van der Waals surface area contributed by atoms with Crippen LogP contribution in [0.3, 0.4) is 0 Å². The van der Waals surface area contributed by atoms with Gasteiger partial charge in [0, 0.05) is 26.9 Å². The molecule has 0 bridgehead atoms. The number of benzene rings is 3. The zero-order valence-electron chi connectivity index (χ0n) is 20.9. The van der Waals surface area contributed by atoms with Gasteiger partial charge in [0.15, 0.2) is 11.5 Å². The fraction of sp³-hybridized carbons (Fsp3) is 0.148. The molecular weight excluding hydrogens is 530 g/mol. The van der Waals surface area contributed by atoms with E-state index in [1.807, 2.05) is 25.1 Å². The predicted octanol–water partition coefficient (Wildman–Crippen LogP) is 5.22. The van der Waals surface area contributed by atoms with E-state index in [4.69, 9.17) is 25.8 Å². The summed E-state index contributed by atoms with van der Waals surface area (Å²) < 4.78 is 16.7. The summed E-state index contributed by atoms with van der Waals surface area (Å²) in [6.07, 6.45) is 0. The van der Waals surface area contributed by atoms with E-state index in [-0.39, 0.29) is 17.0 Å². The number of fused-ring (bicyclic) bond motifs is 1. The van der Waals surface area contributed by atoms with Crippen molar-refractivity contribution in [1.82, 2.24) is 10.9 Å². The summed E-state index contributed by atoms with van der Waals surface area (Å²) in [6.45, 7) is 1.98. The molecule has 1 heterocycles. The lowest BCUT2D eigenvalue weighted by molar-refractivity contribution is 0.0846. The Morgan fingerprint density at radius 2 is 1.37 bits per heavy atom. The van der Waals surface area contributed by atoms with Gasteiger partial charge in [-0.1, -0.05) is 23.7 Å². The average Bonchev–Trinajstić information content (AvgIpc) is 3.26. The third-order valence-corrected chi connectivity index (χ3v) is 7.27. The largest absolute Gasteiger partial charge is 0.493 e. The van der Waals surface area contributed by atoms with Gasteiger partial charge in [-0.3, -0.25) is 25.2 Å². The van der Waals surface area contributed by atoms with Gasteiger partial charge in [-0.15, -0.1) is 11.3 Å². The van der Waals surface area contributed by atoms with Crippen molar-refractivity contribution in [3.05, 3.63) is 81.2 Å². The van der Waals surface area contributed by atoms with Crippen LogP contribution in [0, 0.1) is 6.92 Å². The van der Waals surface area contributed by atoms with Crippen LogP contribution in [0.25, 0.3) is 10.1 Å². The number of thiophene rings is 1. The van der Waals surface area contributed by atoms with E-state index >= 15 is 0 Å².